The third-order valence-corrected chi connectivity index (χ3v) is 6.59. The lowest BCUT2D eigenvalue weighted by molar-refractivity contribution is -0.141. The third kappa shape index (κ3) is 13.8. The Morgan fingerprint density at radius 2 is 1.52 bits per heavy atom. The maximum Gasteiger partial charge on any atom is 0.411 e. The van der Waals surface area contributed by atoms with Crippen molar-refractivity contribution in [1.82, 2.24) is 10.2 Å². The van der Waals surface area contributed by atoms with Crippen molar-refractivity contribution in [2.75, 3.05) is 30.6 Å². The van der Waals surface area contributed by atoms with Gasteiger partial charge in [0.1, 0.15) is 18.2 Å². The zero-order valence-electron chi connectivity index (χ0n) is 25.8. The number of carbonyl (C=O) groups is 4. The summed E-state index contributed by atoms with van der Waals surface area (Å²) in [6.45, 7) is 15.1. The SMILES string of the molecule is CC.CC.COC(=O)CNC(=O)C1CSCN1C(=O)OC(C)(C)C.Cc1ccc(NC(=O)c2c(Cl)cccc2Cl)cc1. The van der Waals surface area contributed by atoms with Crippen LogP contribution in [0.2, 0.25) is 10.0 Å². The normalized spacial score (nSPS) is 13.5. The molecule has 2 N–H and O–H groups in total. The molecule has 9 nitrogen and oxygen atoms in total. The van der Waals surface area contributed by atoms with Crippen LogP contribution < -0.4 is 10.6 Å². The molecule has 1 atom stereocenters. The molecule has 2 aromatic rings. The molecule has 0 aliphatic carbocycles. The van der Waals surface area contributed by atoms with Crippen molar-refractivity contribution >= 4 is 64.5 Å². The Kier molecular flexibility index (Phi) is 18.6. The van der Waals surface area contributed by atoms with Crippen LogP contribution in [-0.2, 0) is 19.1 Å². The van der Waals surface area contributed by atoms with E-state index in [2.05, 4.69) is 15.4 Å². The molecule has 1 aliphatic heterocycles. The van der Waals surface area contributed by atoms with Gasteiger partial charge in [-0.05, 0) is 52.0 Å². The lowest BCUT2D eigenvalue weighted by atomic mass is 10.2. The number of anilines is 1. The zero-order chi connectivity index (χ0) is 32.5. The Morgan fingerprint density at radius 3 is 2.02 bits per heavy atom. The van der Waals surface area contributed by atoms with E-state index in [1.807, 2.05) is 58.9 Å². The van der Waals surface area contributed by atoms with Gasteiger partial charge in [-0.25, -0.2) is 4.79 Å². The number of aryl methyl sites for hydroxylation is 1. The smallest absolute Gasteiger partial charge is 0.411 e. The highest BCUT2D eigenvalue weighted by molar-refractivity contribution is 7.99. The number of carbonyl (C=O) groups excluding carboxylic acids is 4. The highest BCUT2D eigenvalue weighted by Gasteiger charge is 2.37. The molecular formula is C30H43Cl2N3O6S. The maximum absolute atomic E-state index is 12.1. The van der Waals surface area contributed by atoms with Gasteiger partial charge in [0, 0.05) is 11.4 Å². The van der Waals surface area contributed by atoms with E-state index < -0.39 is 23.7 Å². The first-order valence-electron chi connectivity index (χ1n) is 13.6. The highest BCUT2D eigenvalue weighted by Crippen LogP contribution is 2.25. The van der Waals surface area contributed by atoms with Gasteiger partial charge in [-0.3, -0.25) is 19.3 Å². The average Bonchev–Trinajstić information content (AvgIpc) is 3.45. The summed E-state index contributed by atoms with van der Waals surface area (Å²) in [4.78, 5) is 48.4. The summed E-state index contributed by atoms with van der Waals surface area (Å²) in [7, 11) is 1.24. The largest absolute Gasteiger partial charge is 0.468 e. The summed E-state index contributed by atoms with van der Waals surface area (Å²) in [6, 6.07) is 11.9. The number of nitrogens with zero attached hydrogens (tertiary/aromatic N) is 1. The van der Waals surface area contributed by atoms with E-state index in [1.54, 1.807) is 39.0 Å². The van der Waals surface area contributed by atoms with Crippen molar-refractivity contribution < 1.29 is 28.7 Å². The number of rotatable bonds is 5. The van der Waals surface area contributed by atoms with Crippen LogP contribution in [0.25, 0.3) is 0 Å². The quantitative estimate of drug-likeness (QED) is 0.331. The number of hydrogen-bond donors (Lipinski definition) is 2. The minimum Gasteiger partial charge on any atom is -0.468 e. The third-order valence-electron chi connectivity index (χ3n) is 4.95. The monoisotopic (exact) mass is 643 g/mol. The minimum absolute atomic E-state index is 0.210. The summed E-state index contributed by atoms with van der Waals surface area (Å²) in [6.07, 6.45) is -0.527. The van der Waals surface area contributed by atoms with Crippen LogP contribution in [0.1, 0.15) is 64.4 Å². The summed E-state index contributed by atoms with van der Waals surface area (Å²) in [5, 5.41) is 5.89. The molecule has 0 bridgehead atoms. The number of nitrogens with one attached hydrogen (secondary N) is 2. The minimum atomic E-state index is -0.625. The second-order valence-corrected chi connectivity index (χ2v) is 11.0. The molecule has 3 amide bonds. The van der Waals surface area contributed by atoms with Gasteiger partial charge in [-0.1, -0.05) is 74.7 Å². The van der Waals surface area contributed by atoms with Crippen LogP contribution in [0.3, 0.4) is 0 Å². The highest BCUT2D eigenvalue weighted by atomic mass is 35.5. The predicted octanol–water partition coefficient (Wildman–Crippen LogP) is 7.19. The first-order chi connectivity index (χ1) is 19.8. The number of esters is 1. The molecule has 1 saturated heterocycles. The van der Waals surface area contributed by atoms with Gasteiger partial charge in [-0.2, -0.15) is 0 Å². The van der Waals surface area contributed by atoms with E-state index in [0.717, 1.165) is 5.56 Å². The molecule has 42 heavy (non-hydrogen) atoms. The van der Waals surface area contributed by atoms with Crippen molar-refractivity contribution in [2.24, 2.45) is 0 Å². The Hall–Kier alpha value is -2.95. The summed E-state index contributed by atoms with van der Waals surface area (Å²) < 4.78 is 9.69. The molecule has 1 fully saturated rings. The van der Waals surface area contributed by atoms with Gasteiger partial charge in [0.2, 0.25) is 5.91 Å². The van der Waals surface area contributed by atoms with Crippen molar-refractivity contribution in [2.45, 2.75) is 67.0 Å². The lowest BCUT2D eigenvalue weighted by Crippen LogP contribution is -2.49. The van der Waals surface area contributed by atoms with E-state index in [-0.39, 0.29) is 18.4 Å². The van der Waals surface area contributed by atoms with E-state index >= 15 is 0 Å². The van der Waals surface area contributed by atoms with Gasteiger partial charge in [0.15, 0.2) is 0 Å². The molecule has 0 radical (unpaired) electrons. The fourth-order valence-electron chi connectivity index (χ4n) is 3.05. The van der Waals surface area contributed by atoms with Gasteiger partial charge < -0.3 is 20.1 Å². The number of benzene rings is 2. The molecule has 1 unspecified atom stereocenters. The Labute approximate surface area is 264 Å². The van der Waals surface area contributed by atoms with Crippen molar-refractivity contribution in [3.05, 3.63) is 63.6 Å². The molecule has 3 rings (SSSR count). The van der Waals surface area contributed by atoms with Gasteiger partial charge in [0.25, 0.3) is 5.91 Å². The van der Waals surface area contributed by atoms with Crippen molar-refractivity contribution in [3.8, 4) is 0 Å². The number of hydrogen-bond acceptors (Lipinski definition) is 7. The summed E-state index contributed by atoms with van der Waals surface area (Å²) in [5.41, 5.74) is 1.52. The first-order valence-corrected chi connectivity index (χ1v) is 15.5. The van der Waals surface area contributed by atoms with Crippen LogP contribution in [0.5, 0.6) is 0 Å². The Bertz CT molecular complexity index is 1140. The number of thioether (sulfide) groups is 1. The van der Waals surface area contributed by atoms with E-state index in [4.69, 9.17) is 27.9 Å². The lowest BCUT2D eigenvalue weighted by Gasteiger charge is -2.27. The van der Waals surface area contributed by atoms with Crippen molar-refractivity contribution in [1.29, 1.82) is 0 Å². The van der Waals surface area contributed by atoms with Crippen LogP contribution >= 0.6 is 35.0 Å². The Balaban J connectivity index is 0.000000718. The fraction of sp³-hybridized carbons (Fsp3) is 0.467. The topological polar surface area (TPSA) is 114 Å². The average molecular weight is 645 g/mol. The van der Waals surface area contributed by atoms with Crippen molar-refractivity contribution in [3.63, 3.8) is 0 Å². The molecule has 0 spiro atoms. The fourth-order valence-corrected chi connectivity index (χ4v) is 4.77. The number of halogens is 2. The summed E-state index contributed by atoms with van der Waals surface area (Å²) in [5.74, 6) is -0.356. The van der Waals surface area contributed by atoms with Crippen LogP contribution in [0, 0.1) is 6.92 Å². The number of amides is 3. The van der Waals surface area contributed by atoms with Crippen LogP contribution in [0.15, 0.2) is 42.5 Å². The molecule has 0 saturated carbocycles. The molecule has 1 heterocycles. The number of methoxy groups -OCH3 is 1. The zero-order valence-corrected chi connectivity index (χ0v) is 28.1. The van der Waals surface area contributed by atoms with Crippen LogP contribution in [0.4, 0.5) is 10.5 Å². The summed E-state index contributed by atoms with van der Waals surface area (Å²) >= 11 is 13.4. The van der Waals surface area contributed by atoms with Crippen LogP contribution in [-0.4, -0.2) is 65.7 Å². The first kappa shape index (κ1) is 39.1. The Morgan fingerprint density at radius 1 is 0.976 bits per heavy atom. The van der Waals surface area contributed by atoms with E-state index in [0.29, 0.717) is 32.9 Å². The second kappa shape index (κ2) is 20.0. The molecule has 2 aromatic carbocycles. The molecular weight excluding hydrogens is 601 g/mol. The molecule has 234 valence electrons. The number of ether oxygens (including phenoxy) is 2. The molecule has 12 heteroatoms. The second-order valence-electron chi connectivity index (χ2n) is 9.18. The molecule has 0 aromatic heterocycles. The van der Waals surface area contributed by atoms with Gasteiger partial charge in [-0.15, -0.1) is 11.8 Å². The van der Waals surface area contributed by atoms with Gasteiger partial charge >= 0.3 is 12.1 Å². The standard InChI is InChI=1S/C14H11Cl2NO.C12H20N2O5S.2C2H6/c1-9-5-7-10(8-6-9)17-14(18)13-11(15)3-2-4-12(13)16;1-12(2,3)19-11(17)14-7-20-6-8(14)10(16)13-5-9(15)18-4;2*1-2/h2-8H,1H3,(H,17,18);8H,5-7H2,1-4H3,(H,13,16);2*1-2H3. The predicted molar refractivity (Wildman–Crippen MR) is 173 cm³/mol. The van der Waals surface area contributed by atoms with Gasteiger partial charge in [0.05, 0.1) is 28.6 Å². The molecule has 1 aliphatic rings. The van der Waals surface area contributed by atoms with E-state index in [9.17, 15) is 19.2 Å². The van der Waals surface area contributed by atoms with E-state index in [1.165, 1.54) is 23.8 Å². The maximum atomic E-state index is 12.1.